The molecule has 10 heteroatoms. The van der Waals surface area contributed by atoms with Crippen LogP contribution in [0.5, 0.6) is 11.9 Å². The van der Waals surface area contributed by atoms with Gasteiger partial charge in [0.05, 0.1) is 31.0 Å². The molecule has 0 N–H and O–H groups in total. The van der Waals surface area contributed by atoms with Crippen LogP contribution >= 0.6 is 27.3 Å². The lowest BCUT2D eigenvalue weighted by molar-refractivity contribution is 0.0978. The summed E-state index contributed by atoms with van der Waals surface area (Å²) in [6, 6.07) is 11.0. The Balaban J connectivity index is 1.79. The molecule has 8 nitrogen and oxygen atoms in total. The van der Waals surface area contributed by atoms with Crippen molar-refractivity contribution in [2.45, 2.75) is 6.54 Å². The van der Waals surface area contributed by atoms with Crippen molar-refractivity contribution in [1.82, 2.24) is 19.9 Å². The molecule has 30 heavy (non-hydrogen) atoms. The molecule has 0 aliphatic heterocycles. The molecule has 3 heterocycles. The van der Waals surface area contributed by atoms with Crippen LogP contribution in [0.1, 0.15) is 16.1 Å². The minimum atomic E-state index is -0.351. The molecule has 0 fully saturated rings. The predicted octanol–water partition coefficient (Wildman–Crippen LogP) is 4.11. The number of halogens is 1. The van der Waals surface area contributed by atoms with E-state index in [0.29, 0.717) is 5.13 Å². The lowest BCUT2D eigenvalue weighted by atomic mass is 10.2. The van der Waals surface area contributed by atoms with Gasteiger partial charge in [-0.3, -0.25) is 14.7 Å². The number of carbonyl (C=O) groups excluding carboxylic acids is 1. The molecule has 0 unspecified atom stereocenters. The van der Waals surface area contributed by atoms with Crippen LogP contribution < -0.4 is 14.4 Å². The van der Waals surface area contributed by atoms with Gasteiger partial charge in [0, 0.05) is 22.9 Å². The Morgan fingerprint density at radius 2 is 2.00 bits per heavy atom. The van der Waals surface area contributed by atoms with E-state index in [1.54, 1.807) is 17.3 Å². The van der Waals surface area contributed by atoms with Crippen molar-refractivity contribution in [3.05, 3.63) is 64.5 Å². The number of amides is 1. The zero-order valence-electron chi connectivity index (χ0n) is 16.1. The Labute approximate surface area is 184 Å². The molecule has 3 aromatic heterocycles. The van der Waals surface area contributed by atoms with Crippen molar-refractivity contribution in [3.63, 3.8) is 0 Å². The maximum absolute atomic E-state index is 13.5. The monoisotopic (exact) mass is 485 g/mol. The number of hydrogen-bond acceptors (Lipinski definition) is 8. The Bertz CT molecular complexity index is 1180. The van der Waals surface area contributed by atoms with Gasteiger partial charge in [-0.25, -0.2) is 4.98 Å². The third kappa shape index (κ3) is 4.24. The van der Waals surface area contributed by atoms with Crippen molar-refractivity contribution in [2.24, 2.45) is 0 Å². The highest BCUT2D eigenvalue weighted by Gasteiger charge is 2.24. The van der Waals surface area contributed by atoms with Crippen LogP contribution in [0.3, 0.4) is 0 Å². The van der Waals surface area contributed by atoms with Crippen LogP contribution in [0.4, 0.5) is 5.13 Å². The fourth-order valence-corrected chi connectivity index (χ4v) is 4.26. The minimum Gasteiger partial charge on any atom is -0.481 e. The van der Waals surface area contributed by atoms with E-state index in [4.69, 9.17) is 9.47 Å². The topological polar surface area (TPSA) is 90.3 Å². The van der Waals surface area contributed by atoms with Gasteiger partial charge in [-0.05, 0) is 29.8 Å². The molecule has 1 amide bonds. The van der Waals surface area contributed by atoms with Gasteiger partial charge in [-0.15, -0.1) is 0 Å². The van der Waals surface area contributed by atoms with Gasteiger partial charge in [0.2, 0.25) is 5.88 Å². The van der Waals surface area contributed by atoms with Gasteiger partial charge in [-0.2, -0.15) is 9.97 Å². The molecule has 1 aromatic carbocycles. The largest absolute Gasteiger partial charge is 0.481 e. The molecular weight excluding hydrogens is 470 g/mol. The number of hydrogen-bond donors (Lipinski definition) is 0. The zero-order valence-corrected chi connectivity index (χ0v) is 18.5. The van der Waals surface area contributed by atoms with Crippen LogP contribution in [0.15, 0.2) is 53.3 Å². The molecule has 4 aromatic rings. The van der Waals surface area contributed by atoms with Crippen LogP contribution in [-0.2, 0) is 6.54 Å². The van der Waals surface area contributed by atoms with Crippen molar-refractivity contribution < 1.29 is 14.3 Å². The maximum Gasteiger partial charge on any atom is 0.320 e. The van der Waals surface area contributed by atoms with Gasteiger partial charge in [0.25, 0.3) is 5.91 Å². The number of rotatable bonds is 6. The maximum atomic E-state index is 13.5. The van der Waals surface area contributed by atoms with E-state index in [0.717, 1.165) is 20.3 Å². The van der Waals surface area contributed by atoms with Crippen molar-refractivity contribution in [1.29, 1.82) is 0 Å². The quantitative estimate of drug-likeness (QED) is 0.405. The van der Waals surface area contributed by atoms with Gasteiger partial charge in [-0.1, -0.05) is 33.3 Å². The van der Waals surface area contributed by atoms with Crippen molar-refractivity contribution in [2.75, 3.05) is 19.1 Å². The molecule has 4 rings (SSSR count). The number of fused-ring (bicyclic) bond motifs is 1. The lowest BCUT2D eigenvalue weighted by Crippen LogP contribution is -2.31. The first-order valence-corrected chi connectivity index (χ1v) is 10.4. The third-order valence-corrected chi connectivity index (χ3v) is 5.71. The van der Waals surface area contributed by atoms with Crippen molar-refractivity contribution >= 4 is 48.5 Å². The Morgan fingerprint density at radius 3 is 2.73 bits per heavy atom. The van der Waals surface area contributed by atoms with Gasteiger partial charge < -0.3 is 9.47 Å². The number of pyridine rings is 1. The first-order valence-electron chi connectivity index (χ1n) is 8.81. The van der Waals surface area contributed by atoms with Crippen LogP contribution in [0.2, 0.25) is 0 Å². The summed E-state index contributed by atoms with van der Waals surface area (Å²) in [6.07, 6.45) is 3.40. The average molecular weight is 486 g/mol. The molecule has 0 saturated carbocycles. The number of thiazole rings is 1. The highest BCUT2D eigenvalue weighted by atomic mass is 79.9. The van der Waals surface area contributed by atoms with Crippen molar-refractivity contribution in [3.8, 4) is 11.9 Å². The lowest BCUT2D eigenvalue weighted by Gasteiger charge is -2.19. The highest BCUT2D eigenvalue weighted by molar-refractivity contribution is 9.10. The molecule has 0 bridgehead atoms. The van der Waals surface area contributed by atoms with Crippen LogP contribution in [-0.4, -0.2) is 40.1 Å². The molecular formula is C20H16BrN5O3S. The molecule has 0 aliphatic rings. The van der Waals surface area contributed by atoms with E-state index in [9.17, 15) is 4.79 Å². The Hall–Kier alpha value is -3.11. The van der Waals surface area contributed by atoms with Crippen LogP contribution in [0.25, 0.3) is 10.2 Å². The second kappa shape index (κ2) is 8.72. The smallest absolute Gasteiger partial charge is 0.320 e. The van der Waals surface area contributed by atoms with Gasteiger partial charge in [0.1, 0.15) is 5.69 Å². The molecule has 0 aliphatic carbocycles. The fraction of sp³-hybridized carbons (Fsp3) is 0.150. The SMILES string of the molecule is COc1cc(C(=O)N(Cc2cccnc2)c2nc3ccc(Br)cc3s2)nc(OC)n1. The van der Waals surface area contributed by atoms with E-state index < -0.39 is 0 Å². The van der Waals surface area contributed by atoms with E-state index >= 15 is 0 Å². The number of anilines is 1. The van der Waals surface area contributed by atoms with E-state index in [2.05, 4.69) is 35.9 Å². The minimum absolute atomic E-state index is 0.0484. The summed E-state index contributed by atoms with van der Waals surface area (Å²) < 4.78 is 12.2. The summed E-state index contributed by atoms with van der Waals surface area (Å²) in [5.41, 5.74) is 1.81. The molecule has 0 spiro atoms. The standard InChI is InChI=1S/C20H16BrN5O3S/c1-28-17-9-15(23-19(25-17)29-2)18(27)26(11-12-4-3-7-22-10-12)20-24-14-6-5-13(21)8-16(14)30-20/h3-10H,11H2,1-2H3. The summed E-state index contributed by atoms with van der Waals surface area (Å²) in [6.45, 7) is 0.280. The summed E-state index contributed by atoms with van der Waals surface area (Å²) >= 11 is 4.89. The number of carbonyl (C=O) groups is 1. The third-order valence-electron chi connectivity index (χ3n) is 4.17. The predicted molar refractivity (Wildman–Crippen MR) is 117 cm³/mol. The molecule has 0 radical (unpaired) electrons. The number of benzene rings is 1. The Kier molecular flexibility index (Phi) is 5.86. The van der Waals surface area contributed by atoms with Gasteiger partial charge >= 0.3 is 6.01 Å². The molecule has 0 saturated heterocycles. The first-order chi connectivity index (χ1) is 14.6. The normalized spacial score (nSPS) is 10.8. The van der Waals surface area contributed by atoms with Gasteiger partial charge in [0.15, 0.2) is 5.13 Å². The van der Waals surface area contributed by atoms with E-state index in [1.165, 1.54) is 31.6 Å². The summed E-state index contributed by atoms with van der Waals surface area (Å²) in [5.74, 6) is -0.115. The number of aromatic nitrogens is 4. The number of ether oxygens (including phenoxy) is 2. The summed E-state index contributed by atoms with van der Waals surface area (Å²) in [7, 11) is 2.90. The fourth-order valence-electron chi connectivity index (χ4n) is 2.75. The summed E-state index contributed by atoms with van der Waals surface area (Å²) in [4.78, 5) is 32.1. The zero-order chi connectivity index (χ0) is 21.1. The first kappa shape index (κ1) is 20.2. The summed E-state index contributed by atoms with van der Waals surface area (Å²) in [5, 5.41) is 0.550. The average Bonchev–Trinajstić information content (AvgIpc) is 3.20. The van der Waals surface area contributed by atoms with Crippen LogP contribution in [0, 0.1) is 0 Å². The number of methoxy groups -OCH3 is 2. The van der Waals surface area contributed by atoms with E-state index in [-0.39, 0.29) is 30.0 Å². The number of nitrogens with zero attached hydrogens (tertiary/aromatic N) is 5. The Morgan fingerprint density at radius 1 is 1.13 bits per heavy atom. The molecule has 0 atom stereocenters. The second-order valence-electron chi connectivity index (χ2n) is 6.14. The second-order valence-corrected chi connectivity index (χ2v) is 8.07. The van der Waals surface area contributed by atoms with E-state index in [1.807, 2.05) is 30.3 Å². The molecule has 152 valence electrons. The highest BCUT2D eigenvalue weighted by Crippen LogP contribution is 2.32.